The van der Waals surface area contributed by atoms with Crippen molar-refractivity contribution < 1.29 is 4.74 Å². The van der Waals surface area contributed by atoms with E-state index in [1.807, 2.05) is 19.2 Å². The summed E-state index contributed by atoms with van der Waals surface area (Å²) in [5.41, 5.74) is 1.10. The molecule has 1 fully saturated rings. The van der Waals surface area contributed by atoms with Crippen molar-refractivity contribution in [2.75, 3.05) is 7.05 Å². The number of aromatic nitrogens is 4. The molecule has 0 radical (unpaired) electrons. The van der Waals surface area contributed by atoms with Gasteiger partial charge in [-0.1, -0.05) is 0 Å². The first-order chi connectivity index (χ1) is 12.2. The smallest absolute Gasteiger partial charge is 0.213 e. The molecule has 8 nitrogen and oxygen atoms in total. The first kappa shape index (κ1) is 17.2. The van der Waals surface area contributed by atoms with Gasteiger partial charge in [0, 0.05) is 32.9 Å². The second-order valence-corrected chi connectivity index (χ2v) is 6.11. The van der Waals surface area contributed by atoms with Crippen molar-refractivity contribution in [1.82, 2.24) is 30.4 Å². The van der Waals surface area contributed by atoms with E-state index >= 15 is 0 Å². The van der Waals surface area contributed by atoms with Gasteiger partial charge < -0.3 is 15.4 Å². The number of pyridine rings is 1. The molecule has 2 aromatic heterocycles. The number of ether oxygens (including phenoxy) is 1. The second kappa shape index (κ2) is 8.46. The summed E-state index contributed by atoms with van der Waals surface area (Å²) in [5, 5.41) is 10.6. The van der Waals surface area contributed by atoms with Gasteiger partial charge >= 0.3 is 0 Å². The Balaban J connectivity index is 1.50. The summed E-state index contributed by atoms with van der Waals surface area (Å²) < 4.78 is 7.69. The predicted octanol–water partition coefficient (Wildman–Crippen LogP) is 1.40. The Morgan fingerprint density at radius 2 is 2.08 bits per heavy atom. The van der Waals surface area contributed by atoms with Gasteiger partial charge in [-0.25, -0.2) is 9.97 Å². The molecule has 0 saturated heterocycles. The van der Waals surface area contributed by atoms with Gasteiger partial charge in [-0.05, 0) is 37.3 Å². The van der Waals surface area contributed by atoms with Crippen LogP contribution < -0.4 is 15.4 Å². The van der Waals surface area contributed by atoms with Crippen molar-refractivity contribution in [2.24, 2.45) is 12.0 Å². The molecular formula is C17H25N7O. The highest BCUT2D eigenvalue weighted by atomic mass is 16.5. The van der Waals surface area contributed by atoms with Gasteiger partial charge in [-0.3, -0.25) is 9.67 Å². The molecule has 1 saturated carbocycles. The highest BCUT2D eigenvalue weighted by Crippen LogP contribution is 2.23. The molecule has 134 valence electrons. The summed E-state index contributed by atoms with van der Waals surface area (Å²) in [5.74, 6) is 2.26. The maximum absolute atomic E-state index is 5.96. The quantitative estimate of drug-likeness (QED) is 0.609. The van der Waals surface area contributed by atoms with Crippen LogP contribution in [-0.2, 0) is 20.1 Å². The number of aryl methyl sites for hydroxylation is 1. The van der Waals surface area contributed by atoms with Crippen molar-refractivity contribution in [3.05, 3.63) is 36.0 Å². The molecule has 0 atom stereocenters. The normalized spacial score (nSPS) is 15.4. The van der Waals surface area contributed by atoms with E-state index in [0.29, 0.717) is 31.0 Å². The van der Waals surface area contributed by atoms with Crippen LogP contribution in [0, 0.1) is 0 Å². The van der Waals surface area contributed by atoms with Crippen LogP contribution in [0.15, 0.2) is 29.6 Å². The Morgan fingerprint density at radius 3 is 2.80 bits per heavy atom. The number of nitrogens with zero attached hydrogens (tertiary/aromatic N) is 5. The Morgan fingerprint density at radius 1 is 1.28 bits per heavy atom. The molecule has 0 bridgehead atoms. The molecule has 2 N–H and O–H groups in total. The molecule has 0 spiro atoms. The number of aliphatic imine (C=N–C) groups is 1. The molecule has 2 heterocycles. The number of hydrogen-bond donors (Lipinski definition) is 2. The van der Waals surface area contributed by atoms with E-state index in [-0.39, 0.29) is 0 Å². The van der Waals surface area contributed by atoms with Crippen molar-refractivity contribution in [3.8, 4) is 5.88 Å². The zero-order valence-corrected chi connectivity index (χ0v) is 14.8. The molecule has 0 aliphatic heterocycles. The third-order valence-corrected chi connectivity index (χ3v) is 4.29. The first-order valence-corrected chi connectivity index (χ1v) is 8.63. The van der Waals surface area contributed by atoms with Crippen LogP contribution in [0.4, 0.5) is 0 Å². The summed E-state index contributed by atoms with van der Waals surface area (Å²) in [6, 6.07) is 3.96. The highest BCUT2D eigenvalue weighted by Gasteiger charge is 2.17. The van der Waals surface area contributed by atoms with Crippen LogP contribution in [0.1, 0.15) is 37.1 Å². The second-order valence-electron chi connectivity index (χ2n) is 6.11. The Hall–Kier alpha value is -2.64. The van der Waals surface area contributed by atoms with E-state index in [1.54, 1.807) is 17.9 Å². The van der Waals surface area contributed by atoms with Gasteiger partial charge in [0.25, 0.3) is 0 Å². The molecule has 1 aliphatic carbocycles. The monoisotopic (exact) mass is 343 g/mol. The lowest BCUT2D eigenvalue weighted by Gasteiger charge is -2.14. The zero-order chi connectivity index (χ0) is 17.5. The van der Waals surface area contributed by atoms with Crippen LogP contribution in [-0.4, -0.2) is 38.9 Å². The molecule has 25 heavy (non-hydrogen) atoms. The Kier molecular flexibility index (Phi) is 5.81. The van der Waals surface area contributed by atoms with Gasteiger partial charge in [0.05, 0.1) is 6.54 Å². The Labute approximate surface area is 147 Å². The Bertz CT molecular complexity index is 707. The zero-order valence-electron chi connectivity index (χ0n) is 14.8. The largest absolute Gasteiger partial charge is 0.474 e. The lowest BCUT2D eigenvalue weighted by Crippen LogP contribution is -2.37. The molecule has 3 rings (SSSR count). The first-order valence-electron chi connectivity index (χ1n) is 8.63. The lowest BCUT2D eigenvalue weighted by atomic mass is 10.2. The molecule has 8 heteroatoms. The average molecular weight is 343 g/mol. The maximum Gasteiger partial charge on any atom is 0.213 e. The van der Waals surface area contributed by atoms with E-state index < -0.39 is 0 Å². The molecule has 0 unspecified atom stereocenters. The van der Waals surface area contributed by atoms with E-state index in [0.717, 1.165) is 24.2 Å². The number of guanidine groups is 1. The predicted molar refractivity (Wildman–Crippen MR) is 95.2 cm³/mol. The minimum atomic E-state index is 0.316. The molecular weight excluding hydrogens is 318 g/mol. The van der Waals surface area contributed by atoms with Crippen LogP contribution in [0.3, 0.4) is 0 Å². The number of hydrogen-bond acceptors (Lipinski definition) is 5. The van der Waals surface area contributed by atoms with E-state index in [2.05, 4.69) is 30.7 Å². The van der Waals surface area contributed by atoms with E-state index in [9.17, 15) is 0 Å². The summed E-state index contributed by atoms with van der Waals surface area (Å²) in [7, 11) is 3.61. The molecule has 1 aliphatic rings. The fourth-order valence-corrected chi connectivity index (χ4v) is 2.85. The van der Waals surface area contributed by atoms with Crippen molar-refractivity contribution in [3.63, 3.8) is 0 Å². The summed E-state index contributed by atoms with van der Waals surface area (Å²) in [4.78, 5) is 12.7. The third kappa shape index (κ3) is 4.91. The topological polar surface area (TPSA) is 89.2 Å². The van der Waals surface area contributed by atoms with Crippen LogP contribution in [0.2, 0.25) is 0 Å². The molecule has 2 aromatic rings. The van der Waals surface area contributed by atoms with Gasteiger partial charge in [0.1, 0.15) is 18.3 Å². The summed E-state index contributed by atoms with van der Waals surface area (Å²) in [6.45, 7) is 1.20. The summed E-state index contributed by atoms with van der Waals surface area (Å²) in [6.07, 6.45) is 8.40. The fourth-order valence-electron chi connectivity index (χ4n) is 2.85. The van der Waals surface area contributed by atoms with Crippen LogP contribution in [0.5, 0.6) is 5.88 Å². The van der Waals surface area contributed by atoms with Crippen molar-refractivity contribution >= 4 is 5.96 Å². The SMILES string of the molecule is CN=C(NCc1ccnc(OC2CCCC2)c1)NCc1ncnn1C. The van der Waals surface area contributed by atoms with Gasteiger partial charge in [0.2, 0.25) is 5.88 Å². The number of rotatable bonds is 6. The highest BCUT2D eigenvalue weighted by molar-refractivity contribution is 5.79. The summed E-state index contributed by atoms with van der Waals surface area (Å²) >= 11 is 0. The van der Waals surface area contributed by atoms with Crippen LogP contribution in [0.25, 0.3) is 0 Å². The third-order valence-electron chi connectivity index (χ3n) is 4.29. The molecule has 0 amide bonds. The van der Waals surface area contributed by atoms with Gasteiger partial charge in [-0.15, -0.1) is 0 Å². The number of nitrogens with one attached hydrogen (secondary N) is 2. The fraction of sp³-hybridized carbons (Fsp3) is 0.529. The van der Waals surface area contributed by atoms with E-state index in [1.165, 1.54) is 19.2 Å². The standard InChI is InChI=1S/C17H25N7O/c1-18-17(21-11-15-22-12-23-24(15)2)20-10-13-7-8-19-16(9-13)25-14-5-3-4-6-14/h7-9,12,14H,3-6,10-11H2,1-2H3,(H2,18,20,21). The minimum Gasteiger partial charge on any atom is -0.474 e. The van der Waals surface area contributed by atoms with E-state index in [4.69, 9.17) is 4.74 Å². The van der Waals surface area contributed by atoms with Gasteiger partial charge in [-0.2, -0.15) is 5.10 Å². The van der Waals surface area contributed by atoms with Crippen molar-refractivity contribution in [1.29, 1.82) is 0 Å². The van der Waals surface area contributed by atoms with Gasteiger partial charge in [0.15, 0.2) is 5.96 Å². The van der Waals surface area contributed by atoms with Crippen LogP contribution >= 0.6 is 0 Å². The average Bonchev–Trinajstić information content (AvgIpc) is 3.27. The van der Waals surface area contributed by atoms with Crippen molar-refractivity contribution in [2.45, 2.75) is 44.9 Å². The minimum absolute atomic E-state index is 0.316. The molecule has 0 aromatic carbocycles. The lowest BCUT2D eigenvalue weighted by molar-refractivity contribution is 0.201. The maximum atomic E-state index is 5.96.